The van der Waals surface area contributed by atoms with Crippen LogP contribution in [0.25, 0.3) is 6.08 Å². The monoisotopic (exact) mass is 370 g/mol. The van der Waals surface area contributed by atoms with Gasteiger partial charge in [-0.2, -0.15) is 0 Å². The molecule has 0 unspecified atom stereocenters. The van der Waals surface area contributed by atoms with Gasteiger partial charge in [-0.1, -0.05) is 36.4 Å². The summed E-state index contributed by atoms with van der Waals surface area (Å²) in [4.78, 5) is 17.1. The molecule has 6 heteroatoms. The SMILES string of the molecule is C=CCOc1ccc(C=C2SC(=Nc3ccc(Cl)cc3)NC2=O)cc1. The Labute approximate surface area is 155 Å². The maximum absolute atomic E-state index is 12.1. The molecule has 0 atom stereocenters. The Morgan fingerprint density at radius 3 is 2.56 bits per heavy atom. The lowest BCUT2D eigenvalue weighted by Gasteiger charge is -2.03. The number of thioether (sulfide) groups is 1. The Bertz CT molecular complexity index is 843. The van der Waals surface area contributed by atoms with E-state index in [9.17, 15) is 4.79 Å². The van der Waals surface area contributed by atoms with E-state index in [-0.39, 0.29) is 5.91 Å². The molecule has 0 radical (unpaired) electrons. The molecule has 0 saturated carbocycles. The van der Waals surface area contributed by atoms with Crippen molar-refractivity contribution in [2.75, 3.05) is 6.61 Å². The van der Waals surface area contributed by atoms with E-state index in [1.807, 2.05) is 30.3 Å². The van der Waals surface area contributed by atoms with Crippen LogP contribution in [-0.2, 0) is 4.79 Å². The Kier molecular flexibility index (Phi) is 5.58. The summed E-state index contributed by atoms with van der Waals surface area (Å²) in [5.41, 5.74) is 1.65. The van der Waals surface area contributed by atoms with Crippen molar-refractivity contribution < 1.29 is 9.53 Å². The highest BCUT2D eigenvalue weighted by atomic mass is 35.5. The fraction of sp³-hybridized carbons (Fsp3) is 0.0526. The number of benzene rings is 2. The molecule has 0 spiro atoms. The third kappa shape index (κ3) is 4.75. The lowest BCUT2D eigenvalue weighted by molar-refractivity contribution is -0.115. The van der Waals surface area contributed by atoms with E-state index in [0.29, 0.717) is 21.7 Å². The number of carbonyl (C=O) groups is 1. The van der Waals surface area contributed by atoms with Gasteiger partial charge in [0.1, 0.15) is 12.4 Å². The number of rotatable bonds is 5. The second-order valence-electron chi connectivity index (χ2n) is 5.13. The van der Waals surface area contributed by atoms with Crippen LogP contribution in [0.15, 0.2) is 71.1 Å². The zero-order valence-electron chi connectivity index (χ0n) is 13.2. The molecule has 4 nitrogen and oxygen atoms in total. The third-order valence-corrected chi connectivity index (χ3v) is 4.42. The molecule has 1 aliphatic heterocycles. The second-order valence-corrected chi connectivity index (χ2v) is 6.59. The Morgan fingerprint density at radius 1 is 1.16 bits per heavy atom. The van der Waals surface area contributed by atoms with Gasteiger partial charge in [0.15, 0.2) is 5.17 Å². The van der Waals surface area contributed by atoms with Crippen LogP contribution in [0, 0.1) is 0 Å². The number of halogens is 1. The summed E-state index contributed by atoms with van der Waals surface area (Å²) in [6.45, 7) is 4.07. The standard InChI is InChI=1S/C19H15ClN2O2S/c1-2-11-24-16-9-3-13(4-10-16)12-17-18(23)22-19(25-17)21-15-7-5-14(20)6-8-15/h2-10,12H,1,11H2,(H,21,22,23). The molecule has 1 N–H and O–H groups in total. The number of amides is 1. The third-order valence-electron chi connectivity index (χ3n) is 3.25. The lowest BCUT2D eigenvalue weighted by atomic mass is 10.2. The second kappa shape index (κ2) is 8.05. The van der Waals surface area contributed by atoms with Gasteiger partial charge in [-0.15, -0.1) is 0 Å². The first-order valence-electron chi connectivity index (χ1n) is 7.53. The number of carbonyl (C=O) groups excluding carboxylic acids is 1. The van der Waals surface area contributed by atoms with Crippen molar-refractivity contribution in [3.63, 3.8) is 0 Å². The molecule has 0 aromatic heterocycles. The molecule has 1 aliphatic rings. The lowest BCUT2D eigenvalue weighted by Crippen LogP contribution is -2.19. The molecule has 2 aromatic rings. The van der Waals surface area contributed by atoms with Gasteiger partial charge in [0.05, 0.1) is 10.6 Å². The van der Waals surface area contributed by atoms with Gasteiger partial charge in [-0.25, -0.2) is 4.99 Å². The summed E-state index contributed by atoms with van der Waals surface area (Å²) in [7, 11) is 0. The maximum Gasteiger partial charge on any atom is 0.264 e. The first-order chi connectivity index (χ1) is 12.1. The van der Waals surface area contributed by atoms with Crippen molar-refractivity contribution in [1.82, 2.24) is 5.32 Å². The van der Waals surface area contributed by atoms with E-state index in [4.69, 9.17) is 16.3 Å². The first-order valence-corrected chi connectivity index (χ1v) is 8.72. The molecular weight excluding hydrogens is 356 g/mol. The molecule has 1 heterocycles. The van der Waals surface area contributed by atoms with Crippen molar-refractivity contribution in [3.05, 3.63) is 76.7 Å². The summed E-state index contributed by atoms with van der Waals surface area (Å²) < 4.78 is 5.44. The van der Waals surface area contributed by atoms with E-state index in [2.05, 4.69) is 16.9 Å². The summed E-state index contributed by atoms with van der Waals surface area (Å²) >= 11 is 7.16. The molecular formula is C19H15ClN2O2S. The van der Waals surface area contributed by atoms with Crippen LogP contribution in [0.5, 0.6) is 5.75 Å². The molecule has 3 rings (SSSR count). The fourth-order valence-corrected chi connectivity index (χ4v) is 3.05. The smallest absolute Gasteiger partial charge is 0.264 e. The first kappa shape index (κ1) is 17.3. The van der Waals surface area contributed by atoms with Crippen molar-refractivity contribution in [3.8, 4) is 5.75 Å². The van der Waals surface area contributed by atoms with Crippen LogP contribution in [0.4, 0.5) is 5.69 Å². The zero-order chi connectivity index (χ0) is 17.6. The van der Waals surface area contributed by atoms with E-state index in [0.717, 1.165) is 17.0 Å². The molecule has 1 saturated heterocycles. The number of nitrogens with zero attached hydrogens (tertiary/aromatic N) is 1. The Morgan fingerprint density at radius 2 is 1.88 bits per heavy atom. The number of amidine groups is 1. The normalized spacial score (nSPS) is 16.9. The van der Waals surface area contributed by atoms with Gasteiger partial charge in [-0.05, 0) is 59.8 Å². The molecule has 0 bridgehead atoms. The molecule has 25 heavy (non-hydrogen) atoms. The van der Waals surface area contributed by atoms with E-state index in [1.165, 1.54) is 11.8 Å². The van der Waals surface area contributed by atoms with Gasteiger partial charge >= 0.3 is 0 Å². The van der Waals surface area contributed by atoms with Crippen LogP contribution >= 0.6 is 23.4 Å². The van der Waals surface area contributed by atoms with Crippen LogP contribution in [0.1, 0.15) is 5.56 Å². The fourth-order valence-electron chi connectivity index (χ4n) is 2.08. The summed E-state index contributed by atoms with van der Waals surface area (Å²) in [6, 6.07) is 14.6. The topological polar surface area (TPSA) is 50.7 Å². The Balaban J connectivity index is 1.72. The quantitative estimate of drug-likeness (QED) is 0.607. The maximum atomic E-state index is 12.1. The minimum Gasteiger partial charge on any atom is -0.490 e. The van der Waals surface area contributed by atoms with E-state index < -0.39 is 0 Å². The summed E-state index contributed by atoms with van der Waals surface area (Å²) in [6.07, 6.45) is 3.51. The number of ether oxygens (including phenoxy) is 1. The highest BCUT2D eigenvalue weighted by molar-refractivity contribution is 8.18. The number of nitrogens with one attached hydrogen (secondary N) is 1. The highest BCUT2D eigenvalue weighted by Gasteiger charge is 2.23. The molecule has 2 aromatic carbocycles. The van der Waals surface area contributed by atoms with Gasteiger partial charge in [-0.3, -0.25) is 4.79 Å². The van der Waals surface area contributed by atoms with Gasteiger partial charge < -0.3 is 10.1 Å². The van der Waals surface area contributed by atoms with Gasteiger partial charge in [0, 0.05) is 5.02 Å². The average Bonchev–Trinajstić information content (AvgIpc) is 2.95. The van der Waals surface area contributed by atoms with Crippen molar-refractivity contribution in [1.29, 1.82) is 0 Å². The van der Waals surface area contributed by atoms with Gasteiger partial charge in [0.2, 0.25) is 0 Å². The van der Waals surface area contributed by atoms with Crippen molar-refractivity contribution in [2.24, 2.45) is 4.99 Å². The molecule has 1 fully saturated rings. The predicted molar refractivity (Wildman–Crippen MR) is 104 cm³/mol. The zero-order valence-corrected chi connectivity index (χ0v) is 14.8. The predicted octanol–water partition coefficient (Wildman–Crippen LogP) is 4.80. The van der Waals surface area contributed by atoms with Crippen molar-refractivity contribution in [2.45, 2.75) is 0 Å². The van der Waals surface area contributed by atoms with Crippen LogP contribution in [0.2, 0.25) is 5.02 Å². The van der Waals surface area contributed by atoms with Crippen LogP contribution < -0.4 is 10.1 Å². The number of hydrogen-bond acceptors (Lipinski definition) is 4. The minimum absolute atomic E-state index is 0.162. The van der Waals surface area contributed by atoms with E-state index >= 15 is 0 Å². The minimum atomic E-state index is -0.162. The summed E-state index contributed by atoms with van der Waals surface area (Å²) in [5, 5.41) is 3.96. The van der Waals surface area contributed by atoms with Crippen LogP contribution in [-0.4, -0.2) is 17.7 Å². The number of hydrogen-bond donors (Lipinski definition) is 1. The van der Waals surface area contributed by atoms with Gasteiger partial charge in [0.25, 0.3) is 5.91 Å². The average molecular weight is 371 g/mol. The van der Waals surface area contributed by atoms with E-state index in [1.54, 1.807) is 30.3 Å². The molecule has 126 valence electrons. The number of aliphatic imine (C=N–C) groups is 1. The Hall–Kier alpha value is -2.50. The summed E-state index contributed by atoms with van der Waals surface area (Å²) in [5.74, 6) is 0.597. The van der Waals surface area contributed by atoms with Crippen molar-refractivity contribution >= 4 is 46.2 Å². The molecule has 1 amide bonds. The van der Waals surface area contributed by atoms with Crippen LogP contribution in [0.3, 0.4) is 0 Å². The highest BCUT2D eigenvalue weighted by Crippen LogP contribution is 2.28. The largest absolute Gasteiger partial charge is 0.490 e. The molecule has 0 aliphatic carbocycles.